The summed E-state index contributed by atoms with van der Waals surface area (Å²) in [6.07, 6.45) is 1.76. The van der Waals surface area contributed by atoms with Crippen molar-refractivity contribution in [3.8, 4) is 6.07 Å². The fraction of sp³-hybridized carbons (Fsp3) is 0.0588. The number of para-hydroxylation sites is 1. The van der Waals surface area contributed by atoms with Crippen molar-refractivity contribution in [2.75, 3.05) is 0 Å². The first-order valence-electron chi connectivity index (χ1n) is 6.81. The number of hydrazine groups is 1. The molecule has 0 bridgehead atoms. The minimum absolute atomic E-state index is 0.330. The van der Waals surface area contributed by atoms with Crippen LogP contribution in [0.3, 0.4) is 0 Å². The van der Waals surface area contributed by atoms with Crippen molar-refractivity contribution in [2.45, 2.75) is 6.54 Å². The lowest BCUT2D eigenvalue weighted by atomic mass is 10.1. The summed E-state index contributed by atoms with van der Waals surface area (Å²) in [5, 5.41) is 10.0. The van der Waals surface area contributed by atoms with Crippen LogP contribution < -0.4 is 11.3 Å². The van der Waals surface area contributed by atoms with Gasteiger partial charge in [0.25, 0.3) is 5.91 Å². The molecule has 1 aromatic heterocycles. The molecule has 1 heterocycles. The lowest BCUT2D eigenvalue weighted by Crippen LogP contribution is -2.29. The number of nitrogens with two attached hydrogens (primary N) is 1. The van der Waals surface area contributed by atoms with Crippen LogP contribution in [-0.4, -0.2) is 10.5 Å². The van der Waals surface area contributed by atoms with Crippen molar-refractivity contribution in [1.82, 2.24) is 9.99 Å². The predicted octanol–water partition coefficient (Wildman–Crippen LogP) is 2.16. The number of nitrogen functional groups attached to an aromatic ring is 1. The Morgan fingerprint density at radius 2 is 1.91 bits per heavy atom. The molecular weight excluding hydrogens is 276 g/mol. The molecule has 108 valence electrons. The van der Waals surface area contributed by atoms with Crippen molar-refractivity contribution in [2.24, 2.45) is 5.84 Å². The minimum Gasteiger partial charge on any atom is -0.342 e. The number of carbonyl (C=O) groups is 1. The van der Waals surface area contributed by atoms with Gasteiger partial charge < -0.3 is 4.57 Å². The number of amides is 1. The molecule has 0 saturated heterocycles. The Kier molecular flexibility index (Phi) is 3.60. The normalized spacial score (nSPS) is 10.4. The van der Waals surface area contributed by atoms with E-state index in [4.69, 9.17) is 5.84 Å². The van der Waals surface area contributed by atoms with E-state index in [1.807, 2.05) is 47.0 Å². The van der Waals surface area contributed by atoms with Crippen molar-refractivity contribution in [3.63, 3.8) is 0 Å². The van der Waals surface area contributed by atoms with Crippen LogP contribution in [-0.2, 0) is 6.54 Å². The van der Waals surface area contributed by atoms with Crippen molar-refractivity contribution in [1.29, 1.82) is 5.26 Å². The summed E-state index contributed by atoms with van der Waals surface area (Å²) in [4.78, 5) is 11.9. The van der Waals surface area contributed by atoms with E-state index < -0.39 is 0 Å². The third kappa shape index (κ3) is 2.32. The van der Waals surface area contributed by atoms with Crippen molar-refractivity contribution in [3.05, 3.63) is 71.4 Å². The van der Waals surface area contributed by atoms with Crippen LogP contribution in [0.15, 0.2) is 54.7 Å². The Bertz CT molecular complexity index is 889. The molecular formula is C17H14N4O. The number of carbonyl (C=O) groups excluding carboxylic acids is 1. The SMILES string of the molecule is N#Cc1ccccc1Cn1cc(C(=O)NN)c2ccccc21. The second kappa shape index (κ2) is 5.72. The molecule has 0 unspecified atom stereocenters. The van der Waals surface area contributed by atoms with Crippen LogP contribution in [0.1, 0.15) is 21.5 Å². The summed E-state index contributed by atoms with van der Waals surface area (Å²) >= 11 is 0. The number of rotatable bonds is 3. The maximum Gasteiger partial charge on any atom is 0.267 e. The largest absolute Gasteiger partial charge is 0.342 e. The predicted molar refractivity (Wildman–Crippen MR) is 83.9 cm³/mol. The highest BCUT2D eigenvalue weighted by Crippen LogP contribution is 2.23. The fourth-order valence-electron chi connectivity index (χ4n) is 2.59. The maximum absolute atomic E-state index is 11.9. The summed E-state index contributed by atoms with van der Waals surface area (Å²) in [6, 6.07) is 17.2. The van der Waals surface area contributed by atoms with Gasteiger partial charge in [0.2, 0.25) is 0 Å². The molecule has 1 amide bonds. The summed E-state index contributed by atoms with van der Waals surface area (Å²) in [5.41, 5.74) is 5.15. The standard InChI is InChI=1S/C17H14N4O/c18-9-12-5-1-2-6-13(12)10-21-11-15(17(22)20-19)14-7-3-4-8-16(14)21/h1-8,11H,10,19H2,(H,20,22). The Morgan fingerprint density at radius 3 is 2.68 bits per heavy atom. The van der Waals surface area contributed by atoms with E-state index >= 15 is 0 Å². The van der Waals surface area contributed by atoms with Gasteiger partial charge in [-0.25, -0.2) is 5.84 Å². The third-order valence-electron chi connectivity index (χ3n) is 3.64. The van der Waals surface area contributed by atoms with Gasteiger partial charge in [0.05, 0.1) is 17.2 Å². The molecule has 0 saturated carbocycles. The second-order valence-electron chi connectivity index (χ2n) is 4.93. The molecule has 0 aliphatic carbocycles. The first-order valence-corrected chi connectivity index (χ1v) is 6.81. The molecule has 3 N–H and O–H groups in total. The topological polar surface area (TPSA) is 83.8 Å². The highest BCUT2D eigenvalue weighted by molar-refractivity contribution is 6.06. The average molecular weight is 290 g/mol. The number of benzene rings is 2. The van der Waals surface area contributed by atoms with E-state index in [-0.39, 0.29) is 5.91 Å². The number of nitrogens with zero attached hydrogens (tertiary/aromatic N) is 2. The van der Waals surface area contributed by atoms with Crippen molar-refractivity contribution >= 4 is 16.8 Å². The first kappa shape index (κ1) is 13.9. The minimum atomic E-state index is -0.330. The van der Waals surface area contributed by atoms with Crippen LogP contribution in [0.25, 0.3) is 10.9 Å². The van der Waals surface area contributed by atoms with Crippen LogP contribution in [0.2, 0.25) is 0 Å². The smallest absolute Gasteiger partial charge is 0.267 e. The molecule has 0 aliphatic rings. The molecule has 0 spiro atoms. The van der Waals surface area contributed by atoms with Gasteiger partial charge >= 0.3 is 0 Å². The molecule has 5 heteroatoms. The Hall–Kier alpha value is -3.10. The number of aromatic nitrogens is 1. The van der Waals surface area contributed by atoms with Crippen LogP contribution in [0, 0.1) is 11.3 Å². The average Bonchev–Trinajstić information content (AvgIpc) is 2.93. The summed E-state index contributed by atoms with van der Waals surface area (Å²) in [6.45, 7) is 0.516. The zero-order valence-corrected chi connectivity index (χ0v) is 11.8. The number of nitrogens with one attached hydrogen (secondary N) is 1. The summed E-state index contributed by atoms with van der Waals surface area (Å²) < 4.78 is 1.95. The van der Waals surface area contributed by atoms with Crippen LogP contribution in [0.4, 0.5) is 0 Å². The van der Waals surface area contributed by atoms with E-state index in [1.165, 1.54) is 0 Å². The monoisotopic (exact) mass is 290 g/mol. The number of nitriles is 1. The zero-order chi connectivity index (χ0) is 15.5. The summed E-state index contributed by atoms with van der Waals surface area (Å²) in [5.74, 6) is 4.92. The van der Waals surface area contributed by atoms with E-state index in [1.54, 1.807) is 12.3 Å². The number of hydrogen-bond acceptors (Lipinski definition) is 3. The Labute approximate surface area is 127 Å². The van der Waals surface area contributed by atoms with E-state index in [0.29, 0.717) is 17.7 Å². The molecule has 0 aliphatic heterocycles. The zero-order valence-electron chi connectivity index (χ0n) is 11.8. The van der Waals surface area contributed by atoms with Gasteiger partial charge in [-0.3, -0.25) is 10.2 Å². The molecule has 5 nitrogen and oxygen atoms in total. The number of fused-ring (bicyclic) bond motifs is 1. The van der Waals surface area contributed by atoms with Crippen LogP contribution in [0.5, 0.6) is 0 Å². The number of hydrogen-bond donors (Lipinski definition) is 2. The van der Waals surface area contributed by atoms with Gasteiger partial charge in [-0.2, -0.15) is 5.26 Å². The Morgan fingerprint density at radius 1 is 1.18 bits per heavy atom. The second-order valence-corrected chi connectivity index (χ2v) is 4.93. The molecule has 3 aromatic rings. The van der Waals surface area contributed by atoms with Gasteiger partial charge in [0.15, 0.2) is 0 Å². The van der Waals surface area contributed by atoms with Crippen molar-refractivity contribution < 1.29 is 4.79 Å². The molecule has 3 rings (SSSR count). The molecule has 0 fully saturated rings. The van der Waals surface area contributed by atoms with Crippen LogP contribution >= 0.6 is 0 Å². The van der Waals surface area contributed by atoms with Gasteiger partial charge in [-0.15, -0.1) is 0 Å². The maximum atomic E-state index is 11.9. The highest BCUT2D eigenvalue weighted by Gasteiger charge is 2.14. The van der Waals surface area contributed by atoms with E-state index in [0.717, 1.165) is 16.5 Å². The summed E-state index contributed by atoms with van der Waals surface area (Å²) in [7, 11) is 0. The van der Waals surface area contributed by atoms with Gasteiger partial charge in [0.1, 0.15) is 0 Å². The molecule has 0 atom stereocenters. The first-order chi connectivity index (χ1) is 10.7. The third-order valence-corrected chi connectivity index (χ3v) is 3.64. The lowest BCUT2D eigenvalue weighted by molar-refractivity contribution is 0.0955. The fourth-order valence-corrected chi connectivity index (χ4v) is 2.59. The Balaban J connectivity index is 2.12. The highest BCUT2D eigenvalue weighted by atomic mass is 16.2. The van der Waals surface area contributed by atoms with Gasteiger partial charge in [-0.05, 0) is 17.7 Å². The van der Waals surface area contributed by atoms with E-state index in [9.17, 15) is 10.1 Å². The van der Waals surface area contributed by atoms with Gasteiger partial charge in [-0.1, -0.05) is 36.4 Å². The van der Waals surface area contributed by atoms with E-state index in [2.05, 4.69) is 11.5 Å². The molecule has 22 heavy (non-hydrogen) atoms. The molecule has 0 radical (unpaired) electrons. The lowest BCUT2D eigenvalue weighted by Gasteiger charge is -2.07. The quantitative estimate of drug-likeness (QED) is 0.440. The van der Waals surface area contributed by atoms with Gasteiger partial charge in [0, 0.05) is 23.6 Å². The molecule has 2 aromatic carbocycles.